The first-order chi connectivity index (χ1) is 7.54. The number of amides is 1. The maximum atomic E-state index is 12.2. The van der Waals surface area contributed by atoms with Crippen LogP contribution in [0.15, 0.2) is 0 Å². The molecule has 4 nitrogen and oxygen atoms in total. The van der Waals surface area contributed by atoms with E-state index in [1.165, 1.54) is 0 Å². The molecule has 1 amide bonds. The monoisotopic (exact) mass is 226 g/mol. The SMILES string of the molecule is CC1(C)CN(C(=O)[C@H]2CCNC2)C[C@H]1CO. The molecule has 0 bridgehead atoms. The van der Waals surface area contributed by atoms with Crippen molar-refractivity contribution in [2.45, 2.75) is 20.3 Å². The molecule has 0 aliphatic carbocycles. The van der Waals surface area contributed by atoms with E-state index in [0.717, 1.165) is 32.6 Å². The lowest BCUT2D eigenvalue weighted by molar-refractivity contribution is -0.134. The first-order valence-electron chi connectivity index (χ1n) is 6.15. The minimum atomic E-state index is 0.0520. The van der Waals surface area contributed by atoms with Crippen molar-refractivity contribution in [2.75, 3.05) is 32.8 Å². The second kappa shape index (κ2) is 4.34. The molecule has 92 valence electrons. The third-order valence-electron chi connectivity index (χ3n) is 4.09. The molecule has 0 spiro atoms. The van der Waals surface area contributed by atoms with Crippen LogP contribution in [-0.4, -0.2) is 48.7 Å². The number of carbonyl (C=O) groups is 1. The van der Waals surface area contributed by atoms with E-state index in [2.05, 4.69) is 19.2 Å². The van der Waals surface area contributed by atoms with Gasteiger partial charge < -0.3 is 15.3 Å². The summed E-state index contributed by atoms with van der Waals surface area (Å²) in [4.78, 5) is 14.1. The van der Waals surface area contributed by atoms with E-state index in [1.54, 1.807) is 0 Å². The second-order valence-corrected chi connectivity index (χ2v) is 5.78. The van der Waals surface area contributed by atoms with Gasteiger partial charge in [0.05, 0.1) is 5.92 Å². The van der Waals surface area contributed by atoms with Gasteiger partial charge in [0, 0.05) is 32.2 Å². The van der Waals surface area contributed by atoms with Gasteiger partial charge in [-0.05, 0) is 18.4 Å². The smallest absolute Gasteiger partial charge is 0.227 e. The number of nitrogens with one attached hydrogen (secondary N) is 1. The Balaban J connectivity index is 1.99. The van der Waals surface area contributed by atoms with E-state index in [9.17, 15) is 9.90 Å². The predicted octanol–water partition coefficient (Wildman–Crippen LogP) is 0.0728. The summed E-state index contributed by atoms with van der Waals surface area (Å²) in [7, 11) is 0. The molecule has 2 heterocycles. The Morgan fingerprint density at radius 1 is 1.56 bits per heavy atom. The number of aliphatic hydroxyl groups excluding tert-OH is 1. The molecule has 0 aromatic heterocycles. The molecule has 0 aromatic rings. The number of likely N-dealkylation sites (tertiary alicyclic amines) is 1. The fourth-order valence-electron chi connectivity index (χ4n) is 2.80. The van der Waals surface area contributed by atoms with Crippen molar-refractivity contribution in [3.63, 3.8) is 0 Å². The highest BCUT2D eigenvalue weighted by Gasteiger charge is 2.42. The molecular formula is C12H22N2O2. The van der Waals surface area contributed by atoms with Crippen LogP contribution in [0.4, 0.5) is 0 Å². The van der Waals surface area contributed by atoms with Gasteiger partial charge in [0.25, 0.3) is 0 Å². The third-order valence-corrected chi connectivity index (χ3v) is 4.09. The summed E-state index contributed by atoms with van der Waals surface area (Å²) in [6, 6.07) is 0. The lowest BCUT2D eigenvalue weighted by Gasteiger charge is -2.23. The van der Waals surface area contributed by atoms with Gasteiger partial charge in [0.15, 0.2) is 0 Å². The number of rotatable bonds is 2. The highest BCUT2D eigenvalue weighted by atomic mass is 16.3. The van der Waals surface area contributed by atoms with Gasteiger partial charge in [0.1, 0.15) is 0 Å². The number of hydrogen-bond donors (Lipinski definition) is 2. The Kier molecular flexibility index (Phi) is 3.22. The first kappa shape index (κ1) is 11.9. The van der Waals surface area contributed by atoms with Gasteiger partial charge in [-0.1, -0.05) is 13.8 Å². The van der Waals surface area contributed by atoms with E-state index in [1.807, 2.05) is 4.90 Å². The molecule has 2 saturated heterocycles. The standard InChI is InChI=1S/C12H22N2O2/c1-12(2)8-14(6-10(12)7-15)11(16)9-3-4-13-5-9/h9-10,13,15H,3-8H2,1-2H3/t9-,10-/m0/s1. The largest absolute Gasteiger partial charge is 0.396 e. The summed E-state index contributed by atoms with van der Waals surface area (Å²) < 4.78 is 0. The van der Waals surface area contributed by atoms with Gasteiger partial charge in [-0.25, -0.2) is 0 Å². The minimum absolute atomic E-state index is 0.0520. The molecule has 2 N–H and O–H groups in total. The van der Waals surface area contributed by atoms with E-state index in [-0.39, 0.29) is 29.8 Å². The first-order valence-corrected chi connectivity index (χ1v) is 6.15. The summed E-state index contributed by atoms with van der Waals surface area (Å²) in [6.45, 7) is 7.73. The Labute approximate surface area is 97.0 Å². The molecule has 0 unspecified atom stereocenters. The lowest BCUT2D eigenvalue weighted by atomic mass is 9.83. The van der Waals surface area contributed by atoms with Crippen LogP contribution in [0.1, 0.15) is 20.3 Å². The molecule has 16 heavy (non-hydrogen) atoms. The van der Waals surface area contributed by atoms with Crippen molar-refractivity contribution in [1.82, 2.24) is 10.2 Å². The van der Waals surface area contributed by atoms with Crippen molar-refractivity contribution in [2.24, 2.45) is 17.3 Å². The zero-order valence-electron chi connectivity index (χ0n) is 10.2. The average molecular weight is 226 g/mol. The molecule has 2 fully saturated rings. The van der Waals surface area contributed by atoms with E-state index in [4.69, 9.17) is 0 Å². The minimum Gasteiger partial charge on any atom is -0.396 e. The van der Waals surface area contributed by atoms with Crippen LogP contribution >= 0.6 is 0 Å². The van der Waals surface area contributed by atoms with Crippen molar-refractivity contribution in [3.05, 3.63) is 0 Å². The Bertz CT molecular complexity index is 272. The molecule has 2 aliphatic heterocycles. The highest BCUT2D eigenvalue weighted by Crippen LogP contribution is 2.35. The van der Waals surface area contributed by atoms with Gasteiger partial charge in [-0.3, -0.25) is 4.79 Å². The molecular weight excluding hydrogens is 204 g/mol. The highest BCUT2D eigenvalue weighted by molar-refractivity contribution is 5.79. The Morgan fingerprint density at radius 2 is 2.31 bits per heavy atom. The zero-order valence-corrected chi connectivity index (χ0v) is 10.2. The third kappa shape index (κ3) is 2.09. The lowest BCUT2D eigenvalue weighted by Crippen LogP contribution is -2.36. The van der Waals surface area contributed by atoms with Gasteiger partial charge in [-0.15, -0.1) is 0 Å². The summed E-state index contributed by atoms with van der Waals surface area (Å²) in [5.74, 6) is 0.660. The number of carbonyl (C=O) groups excluding carboxylic acids is 1. The summed E-state index contributed by atoms with van der Waals surface area (Å²) in [6.07, 6.45) is 0.958. The maximum Gasteiger partial charge on any atom is 0.227 e. The van der Waals surface area contributed by atoms with E-state index < -0.39 is 0 Å². The summed E-state index contributed by atoms with van der Waals surface area (Å²) >= 11 is 0. The summed E-state index contributed by atoms with van der Waals surface area (Å²) in [5, 5.41) is 12.5. The molecule has 0 aromatic carbocycles. The normalized spacial score (nSPS) is 33.3. The predicted molar refractivity (Wildman–Crippen MR) is 61.9 cm³/mol. The molecule has 4 heteroatoms. The number of hydrogen-bond acceptors (Lipinski definition) is 3. The van der Waals surface area contributed by atoms with Crippen LogP contribution in [-0.2, 0) is 4.79 Å². The van der Waals surface area contributed by atoms with Crippen LogP contribution < -0.4 is 5.32 Å². The maximum absolute atomic E-state index is 12.2. The van der Waals surface area contributed by atoms with Gasteiger partial charge >= 0.3 is 0 Å². The van der Waals surface area contributed by atoms with Crippen LogP contribution in [0.25, 0.3) is 0 Å². The quantitative estimate of drug-likeness (QED) is 0.701. The fraction of sp³-hybridized carbons (Fsp3) is 0.917. The van der Waals surface area contributed by atoms with Crippen molar-refractivity contribution in [3.8, 4) is 0 Å². The van der Waals surface area contributed by atoms with Crippen molar-refractivity contribution in [1.29, 1.82) is 0 Å². The Morgan fingerprint density at radius 3 is 2.81 bits per heavy atom. The molecule has 2 atom stereocenters. The average Bonchev–Trinajstić information content (AvgIpc) is 2.83. The van der Waals surface area contributed by atoms with E-state index >= 15 is 0 Å². The Hall–Kier alpha value is -0.610. The van der Waals surface area contributed by atoms with Crippen LogP contribution in [0.5, 0.6) is 0 Å². The fourth-order valence-corrected chi connectivity index (χ4v) is 2.80. The van der Waals surface area contributed by atoms with E-state index in [0.29, 0.717) is 0 Å². The van der Waals surface area contributed by atoms with Crippen molar-refractivity contribution < 1.29 is 9.90 Å². The topological polar surface area (TPSA) is 52.6 Å². The molecule has 2 aliphatic rings. The number of aliphatic hydroxyl groups is 1. The molecule has 2 rings (SSSR count). The van der Waals surface area contributed by atoms with Crippen molar-refractivity contribution >= 4 is 5.91 Å². The van der Waals surface area contributed by atoms with Crippen LogP contribution in [0.3, 0.4) is 0 Å². The second-order valence-electron chi connectivity index (χ2n) is 5.78. The van der Waals surface area contributed by atoms with Gasteiger partial charge in [0.2, 0.25) is 5.91 Å². The molecule has 0 saturated carbocycles. The molecule has 0 radical (unpaired) electrons. The van der Waals surface area contributed by atoms with Gasteiger partial charge in [-0.2, -0.15) is 0 Å². The number of nitrogens with zero attached hydrogens (tertiary/aromatic N) is 1. The van der Waals surface area contributed by atoms with Crippen LogP contribution in [0.2, 0.25) is 0 Å². The van der Waals surface area contributed by atoms with Crippen LogP contribution in [0, 0.1) is 17.3 Å². The summed E-state index contributed by atoms with van der Waals surface area (Å²) in [5.41, 5.74) is 0.0520. The zero-order chi connectivity index (χ0) is 11.8.